The van der Waals surface area contributed by atoms with E-state index in [1.165, 1.54) is 16.7 Å². The molecule has 0 bridgehead atoms. The van der Waals surface area contributed by atoms with E-state index in [-0.39, 0.29) is 18.1 Å². The predicted molar refractivity (Wildman–Crippen MR) is 84.4 cm³/mol. The van der Waals surface area contributed by atoms with Crippen LogP contribution >= 0.6 is 45.5 Å². The first-order chi connectivity index (χ1) is 9.47. The number of aromatic nitrogens is 1. The number of hydrogen-bond donors (Lipinski definition) is 2. The van der Waals surface area contributed by atoms with Gasteiger partial charge >= 0.3 is 5.97 Å². The van der Waals surface area contributed by atoms with Gasteiger partial charge in [0.05, 0.1) is 12.1 Å². The maximum atomic E-state index is 12.0. The van der Waals surface area contributed by atoms with Crippen LogP contribution in [0.2, 0.25) is 5.02 Å². The number of aromatic carboxylic acids is 1. The lowest BCUT2D eigenvalue weighted by Crippen LogP contribution is -2.23. The van der Waals surface area contributed by atoms with Crippen molar-refractivity contribution in [3.8, 4) is 0 Å². The molecule has 0 radical (unpaired) electrons. The van der Waals surface area contributed by atoms with Gasteiger partial charge in [0.25, 0.3) is 5.91 Å². The third kappa shape index (κ3) is 3.68. The van der Waals surface area contributed by atoms with Crippen molar-refractivity contribution in [3.05, 3.63) is 48.4 Å². The highest BCUT2D eigenvalue weighted by atomic mass is 127. The topological polar surface area (TPSA) is 79.3 Å². The van der Waals surface area contributed by atoms with E-state index >= 15 is 0 Å². The van der Waals surface area contributed by atoms with Crippen LogP contribution in [0.15, 0.2) is 23.6 Å². The van der Waals surface area contributed by atoms with Gasteiger partial charge in [0.1, 0.15) is 5.01 Å². The normalized spacial score (nSPS) is 10.3. The van der Waals surface area contributed by atoms with E-state index in [9.17, 15) is 9.59 Å². The molecule has 0 aliphatic rings. The van der Waals surface area contributed by atoms with Crippen molar-refractivity contribution in [1.29, 1.82) is 0 Å². The Labute approximate surface area is 137 Å². The number of carboxylic acids is 1. The summed E-state index contributed by atoms with van der Waals surface area (Å²) in [5.41, 5.74) is 0.463. The van der Waals surface area contributed by atoms with E-state index in [2.05, 4.69) is 10.3 Å². The SMILES string of the molecule is O=C(O)c1csc(CNC(=O)c2cc(Cl)ccc2I)n1. The van der Waals surface area contributed by atoms with Gasteiger partial charge in [-0.05, 0) is 40.8 Å². The second-order valence-electron chi connectivity index (χ2n) is 3.74. The Balaban J connectivity index is 2.04. The van der Waals surface area contributed by atoms with Crippen molar-refractivity contribution in [2.75, 3.05) is 0 Å². The highest BCUT2D eigenvalue weighted by Crippen LogP contribution is 2.18. The maximum Gasteiger partial charge on any atom is 0.355 e. The minimum absolute atomic E-state index is 0.0171. The summed E-state index contributed by atoms with van der Waals surface area (Å²) in [4.78, 5) is 26.6. The van der Waals surface area contributed by atoms with Crippen LogP contribution in [0, 0.1) is 3.57 Å². The van der Waals surface area contributed by atoms with E-state index in [0.717, 1.165) is 3.57 Å². The molecule has 1 amide bonds. The molecular formula is C12H8ClIN2O3S. The van der Waals surface area contributed by atoms with Crippen molar-refractivity contribution in [3.63, 3.8) is 0 Å². The summed E-state index contributed by atoms with van der Waals surface area (Å²) in [6.07, 6.45) is 0. The van der Waals surface area contributed by atoms with Crippen molar-refractivity contribution < 1.29 is 14.7 Å². The third-order valence-electron chi connectivity index (χ3n) is 2.34. The summed E-state index contributed by atoms with van der Waals surface area (Å²) in [6.45, 7) is 0.180. The van der Waals surface area contributed by atoms with Crippen molar-refractivity contribution >= 4 is 57.4 Å². The van der Waals surface area contributed by atoms with Crippen LogP contribution in [0.5, 0.6) is 0 Å². The standard InChI is InChI=1S/C12H8ClIN2O3S/c13-6-1-2-8(14)7(3-6)11(17)15-4-10-16-9(5-20-10)12(18)19/h1-3,5H,4H2,(H,15,17)(H,18,19). The molecule has 104 valence electrons. The minimum Gasteiger partial charge on any atom is -0.476 e. The molecule has 5 nitrogen and oxygen atoms in total. The number of thiazole rings is 1. The predicted octanol–water partition coefficient (Wildman–Crippen LogP) is 3.03. The van der Waals surface area contributed by atoms with E-state index in [1.54, 1.807) is 18.2 Å². The van der Waals surface area contributed by atoms with Crippen LogP contribution in [-0.4, -0.2) is 22.0 Å². The van der Waals surface area contributed by atoms with Gasteiger partial charge in [0, 0.05) is 14.0 Å². The van der Waals surface area contributed by atoms with Crippen LogP contribution in [0.1, 0.15) is 25.9 Å². The zero-order valence-electron chi connectivity index (χ0n) is 9.89. The summed E-state index contributed by atoms with van der Waals surface area (Å²) >= 11 is 9.09. The van der Waals surface area contributed by atoms with Crippen LogP contribution in [-0.2, 0) is 6.54 Å². The van der Waals surface area contributed by atoms with E-state index in [4.69, 9.17) is 16.7 Å². The number of carbonyl (C=O) groups is 2. The van der Waals surface area contributed by atoms with E-state index < -0.39 is 5.97 Å². The second kappa shape index (κ2) is 6.51. The fourth-order valence-corrected chi connectivity index (χ4v) is 2.87. The van der Waals surface area contributed by atoms with Gasteiger partial charge < -0.3 is 10.4 Å². The Hall–Kier alpha value is -1.19. The van der Waals surface area contributed by atoms with Gasteiger partial charge in [0.2, 0.25) is 0 Å². The molecule has 0 aliphatic heterocycles. The van der Waals surface area contributed by atoms with Crippen LogP contribution in [0.25, 0.3) is 0 Å². The second-order valence-corrected chi connectivity index (χ2v) is 6.28. The molecule has 0 fully saturated rings. The van der Waals surface area contributed by atoms with E-state index in [1.807, 2.05) is 22.6 Å². The molecule has 1 aromatic carbocycles. The Morgan fingerprint density at radius 3 is 2.85 bits per heavy atom. The largest absolute Gasteiger partial charge is 0.476 e. The molecule has 20 heavy (non-hydrogen) atoms. The number of amides is 1. The Morgan fingerprint density at radius 1 is 1.45 bits per heavy atom. The van der Waals surface area contributed by atoms with Gasteiger partial charge in [-0.25, -0.2) is 9.78 Å². The molecule has 2 N–H and O–H groups in total. The fraction of sp³-hybridized carbons (Fsp3) is 0.0833. The zero-order valence-corrected chi connectivity index (χ0v) is 13.6. The Morgan fingerprint density at radius 2 is 2.20 bits per heavy atom. The number of nitrogens with zero attached hydrogens (tertiary/aromatic N) is 1. The van der Waals surface area contributed by atoms with Crippen molar-refractivity contribution in [2.45, 2.75) is 6.54 Å². The number of halogens is 2. The molecule has 0 saturated carbocycles. The number of carbonyl (C=O) groups excluding carboxylic acids is 1. The lowest BCUT2D eigenvalue weighted by molar-refractivity contribution is 0.0691. The number of rotatable bonds is 4. The molecule has 2 rings (SSSR count). The summed E-state index contributed by atoms with van der Waals surface area (Å²) in [7, 11) is 0. The Kier molecular flexibility index (Phi) is 4.95. The summed E-state index contributed by atoms with van der Waals surface area (Å²) in [6, 6.07) is 5.05. The molecule has 0 atom stereocenters. The van der Waals surface area contributed by atoms with Crippen LogP contribution < -0.4 is 5.32 Å². The van der Waals surface area contributed by atoms with Gasteiger partial charge in [-0.2, -0.15) is 0 Å². The first-order valence-electron chi connectivity index (χ1n) is 5.38. The Bertz CT molecular complexity index is 674. The molecule has 0 unspecified atom stereocenters. The lowest BCUT2D eigenvalue weighted by atomic mass is 10.2. The highest BCUT2D eigenvalue weighted by Gasteiger charge is 2.12. The van der Waals surface area contributed by atoms with E-state index in [0.29, 0.717) is 15.6 Å². The zero-order chi connectivity index (χ0) is 14.7. The quantitative estimate of drug-likeness (QED) is 0.743. The molecule has 0 saturated heterocycles. The maximum absolute atomic E-state index is 12.0. The van der Waals surface area contributed by atoms with Crippen molar-refractivity contribution in [2.24, 2.45) is 0 Å². The fourth-order valence-electron chi connectivity index (χ4n) is 1.41. The number of nitrogens with one attached hydrogen (secondary N) is 1. The summed E-state index contributed by atoms with van der Waals surface area (Å²) in [5.74, 6) is -1.35. The van der Waals surface area contributed by atoms with Gasteiger partial charge in [0.15, 0.2) is 5.69 Å². The first kappa shape index (κ1) is 15.2. The molecule has 1 aromatic heterocycles. The summed E-state index contributed by atoms with van der Waals surface area (Å²) in [5, 5.41) is 13.9. The molecule has 0 spiro atoms. The molecule has 1 heterocycles. The minimum atomic E-state index is -1.08. The van der Waals surface area contributed by atoms with Gasteiger partial charge in [-0.1, -0.05) is 11.6 Å². The highest BCUT2D eigenvalue weighted by molar-refractivity contribution is 14.1. The average molecular weight is 423 g/mol. The first-order valence-corrected chi connectivity index (χ1v) is 7.72. The molecule has 8 heteroatoms. The van der Waals surface area contributed by atoms with Crippen LogP contribution in [0.3, 0.4) is 0 Å². The third-order valence-corrected chi connectivity index (χ3v) is 4.37. The van der Waals surface area contributed by atoms with Gasteiger partial charge in [-0.3, -0.25) is 4.79 Å². The number of carboxylic acid groups (broad SMARTS) is 1. The lowest BCUT2D eigenvalue weighted by Gasteiger charge is -2.05. The van der Waals surface area contributed by atoms with Gasteiger partial charge in [-0.15, -0.1) is 11.3 Å². The number of hydrogen-bond acceptors (Lipinski definition) is 4. The average Bonchev–Trinajstić information content (AvgIpc) is 2.88. The molecular weight excluding hydrogens is 415 g/mol. The molecule has 2 aromatic rings. The summed E-state index contributed by atoms with van der Waals surface area (Å²) < 4.78 is 0.787. The smallest absolute Gasteiger partial charge is 0.355 e. The van der Waals surface area contributed by atoms with Crippen LogP contribution in [0.4, 0.5) is 0 Å². The van der Waals surface area contributed by atoms with Crippen molar-refractivity contribution in [1.82, 2.24) is 10.3 Å². The molecule has 0 aliphatic carbocycles. The number of benzene rings is 1. The monoisotopic (exact) mass is 422 g/mol.